The molecule has 2 aromatic heterocycles. The van der Waals surface area contributed by atoms with Crippen LogP contribution in [0.1, 0.15) is 32.0 Å². The van der Waals surface area contributed by atoms with Gasteiger partial charge >= 0.3 is 0 Å². The number of nitrogens with zero attached hydrogens (tertiary/aromatic N) is 2. The van der Waals surface area contributed by atoms with Gasteiger partial charge in [-0.15, -0.1) is 0 Å². The number of aromatic nitrogens is 2. The van der Waals surface area contributed by atoms with E-state index >= 15 is 0 Å². The van der Waals surface area contributed by atoms with E-state index in [1.807, 2.05) is 37.3 Å². The molecule has 1 aliphatic rings. The van der Waals surface area contributed by atoms with Gasteiger partial charge in [0.05, 0.1) is 22.3 Å². The monoisotopic (exact) mass is 354 g/mol. The first-order valence-corrected chi connectivity index (χ1v) is 8.61. The maximum Gasteiger partial charge on any atom is 0.259 e. The number of rotatable bonds is 1. The van der Waals surface area contributed by atoms with E-state index in [9.17, 15) is 9.59 Å². The summed E-state index contributed by atoms with van der Waals surface area (Å²) in [5, 5.41) is 4.70. The second-order valence-corrected chi connectivity index (χ2v) is 6.73. The van der Waals surface area contributed by atoms with E-state index < -0.39 is 11.6 Å². The first kappa shape index (κ1) is 15.6. The van der Waals surface area contributed by atoms with Crippen LogP contribution in [0.2, 0.25) is 0 Å². The zero-order valence-electron chi connectivity index (χ0n) is 14.7. The number of hydrogen-bond acceptors (Lipinski definition) is 5. The van der Waals surface area contributed by atoms with E-state index in [-0.39, 0.29) is 0 Å². The molecule has 0 aliphatic heterocycles. The molecule has 5 nitrogen and oxygen atoms in total. The van der Waals surface area contributed by atoms with Gasteiger partial charge in [0.15, 0.2) is 0 Å². The molecule has 0 saturated carbocycles. The van der Waals surface area contributed by atoms with Crippen LogP contribution in [0.25, 0.3) is 33.5 Å². The number of carbonyl (C=O) groups excluding carboxylic acids is 2. The largest absolute Gasteiger partial charge is 0.336 e. The molecule has 1 aliphatic carbocycles. The number of carbonyl (C=O) groups is 2. The number of ketones is 2. The van der Waals surface area contributed by atoms with Crippen LogP contribution >= 0.6 is 0 Å². The summed E-state index contributed by atoms with van der Waals surface area (Å²) in [5.74, 6) is -1.06. The molecule has 0 N–H and O–H groups in total. The van der Waals surface area contributed by atoms with Gasteiger partial charge < -0.3 is 4.52 Å². The van der Waals surface area contributed by atoms with E-state index in [0.29, 0.717) is 44.7 Å². The second kappa shape index (κ2) is 5.45. The van der Waals surface area contributed by atoms with Gasteiger partial charge in [-0.1, -0.05) is 59.3 Å². The molecule has 2 aromatic carbocycles. The molecule has 0 saturated heterocycles. The number of pyridine rings is 1. The molecule has 4 aromatic rings. The lowest BCUT2D eigenvalue weighted by Crippen LogP contribution is -2.23. The summed E-state index contributed by atoms with van der Waals surface area (Å²) in [4.78, 5) is 30.4. The highest BCUT2D eigenvalue weighted by Crippen LogP contribution is 2.42. The van der Waals surface area contributed by atoms with Gasteiger partial charge in [0, 0.05) is 16.7 Å². The van der Waals surface area contributed by atoms with Crippen molar-refractivity contribution in [3.8, 4) is 22.4 Å². The van der Waals surface area contributed by atoms with Crippen molar-refractivity contribution in [2.75, 3.05) is 0 Å². The lowest BCUT2D eigenvalue weighted by Gasteiger charge is -2.20. The Kier molecular flexibility index (Phi) is 3.15. The minimum Gasteiger partial charge on any atom is -0.336 e. The summed E-state index contributed by atoms with van der Waals surface area (Å²) in [6.07, 6.45) is 0. The van der Waals surface area contributed by atoms with Crippen LogP contribution in [0.5, 0.6) is 0 Å². The van der Waals surface area contributed by atoms with E-state index in [0.717, 1.165) is 11.1 Å². The van der Waals surface area contributed by atoms with Crippen molar-refractivity contribution >= 4 is 22.7 Å². The normalized spacial score (nSPS) is 13.0. The fraction of sp³-hybridized carbons (Fsp3) is 0.0909. The number of benzene rings is 2. The molecule has 27 heavy (non-hydrogen) atoms. The average Bonchev–Trinajstić information content (AvgIpc) is 3.06. The Labute approximate surface area is 154 Å². The van der Waals surface area contributed by atoms with Crippen molar-refractivity contribution in [1.82, 2.24) is 10.1 Å². The Morgan fingerprint density at radius 3 is 2.26 bits per heavy atom. The lowest BCUT2D eigenvalue weighted by molar-refractivity contribution is 0.0815. The predicted octanol–water partition coefficient (Wildman–Crippen LogP) is 4.55. The standard InChI is InChI=1S/C22H14N2O3/c1-11-7-9-13(10-8-11)17-16-12(2)24-27-22(16)23-19-14-5-3-4-6-15(14)20(25)21(26)18(17)19/h3-10H,1-2H3. The molecular weight excluding hydrogens is 340 g/mol. The van der Waals surface area contributed by atoms with E-state index in [2.05, 4.69) is 10.1 Å². The molecule has 0 radical (unpaired) electrons. The zero-order valence-corrected chi connectivity index (χ0v) is 14.7. The average molecular weight is 354 g/mol. The maximum absolute atomic E-state index is 13.1. The molecule has 5 rings (SSSR count). The highest BCUT2D eigenvalue weighted by atomic mass is 16.5. The van der Waals surface area contributed by atoms with Crippen molar-refractivity contribution in [2.24, 2.45) is 0 Å². The topological polar surface area (TPSA) is 73.1 Å². The minimum atomic E-state index is -0.547. The lowest BCUT2D eigenvalue weighted by atomic mass is 9.82. The Bertz CT molecular complexity index is 1270. The molecule has 0 unspecified atom stereocenters. The van der Waals surface area contributed by atoms with Crippen LogP contribution in [0.15, 0.2) is 53.1 Å². The summed E-state index contributed by atoms with van der Waals surface area (Å²) < 4.78 is 5.42. The molecule has 0 spiro atoms. The van der Waals surface area contributed by atoms with Crippen molar-refractivity contribution in [3.05, 3.63) is 70.9 Å². The molecule has 0 amide bonds. The number of aryl methyl sites for hydroxylation is 2. The third-order valence-electron chi connectivity index (χ3n) is 5.00. The van der Waals surface area contributed by atoms with E-state index in [4.69, 9.17) is 4.52 Å². The fourth-order valence-corrected chi connectivity index (χ4v) is 3.67. The quantitative estimate of drug-likeness (QED) is 0.469. The summed E-state index contributed by atoms with van der Waals surface area (Å²) in [6.45, 7) is 3.80. The van der Waals surface area contributed by atoms with Crippen LogP contribution in [0, 0.1) is 13.8 Å². The Balaban J connectivity index is 1.98. The Morgan fingerprint density at radius 2 is 1.52 bits per heavy atom. The van der Waals surface area contributed by atoms with Gasteiger partial charge in [0.1, 0.15) is 0 Å². The van der Waals surface area contributed by atoms with Crippen LogP contribution in [-0.2, 0) is 0 Å². The minimum absolute atomic E-state index is 0.321. The number of fused-ring (bicyclic) bond motifs is 4. The highest BCUT2D eigenvalue weighted by Gasteiger charge is 2.36. The van der Waals surface area contributed by atoms with Crippen molar-refractivity contribution in [3.63, 3.8) is 0 Å². The van der Waals surface area contributed by atoms with Crippen molar-refractivity contribution in [1.29, 1.82) is 0 Å². The number of Topliss-reactive ketones (excluding diaryl/α,β-unsaturated/α-hetero) is 2. The highest BCUT2D eigenvalue weighted by molar-refractivity contribution is 6.54. The van der Waals surface area contributed by atoms with Gasteiger partial charge in [0.25, 0.3) is 5.71 Å². The molecule has 0 bridgehead atoms. The smallest absolute Gasteiger partial charge is 0.259 e. The summed E-state index contributed by atoms with van der Waals surface area (Å²) in [5.41, 5.74) is 5.38. The van der Waals surface area contributed by atoms with E-state index in [1.54, 1.807) is 25.1 Å². The first-order valence-electron chi connectivity index (χ1n) is 8.61. The Morgan fingerprint density at radius 1 is 0.815 bits per heavy atom. The van der Waals surface area contributed by atoms with Gasteiger partial charge in [-0.2, -0.15) is 0 Å². The third-order valence-corrected chi connectivity index (χ3v) is 5.00. The van der Waals surface area contributed by atoms with Crippen molar-refractivity contribution in [2.45, 2.75) is 13.8 Å². The first-order chi connectivity index (χ1) is 13.1. The summed E-state index contributed by atoms with van der Waals surface area (Å²) >= 11 is 0. The predicted molar refractivity (Wildman–Crippen MR) is 101 cm³/mol. The molecular formula is C22H14N2O3. The third kappa shape index (κ3) is 2.11. The summed E-state index contributed by atoms with van der Waals surface area (Å²) in [7, 11) is 0. The van der Waals surface area contributed by atoms with Crippen LogP contribution in [0.3, 0.4) is 0 Å². The maximum atomic E-state index is 13.1. The van der Waals surface area contributed by atoms with Crippen LogP contribution in [0.4, 0.5) is 0 Å². The number of hydrogen-bond donors (Lipinski definition) is 0. The molecule has 130 valence electrons. The molecule has 5 heteroatoms. The zero-order chi connectivity index (χ0) is 18.7. The molecule has 0 atom stereocenters. The van der Waals surface area contributed by atoms with Crippen LogP contribution < -0.4 is 0 Å². The second-order valence-electron chi connectivity index (χ2n) is 6.73. The van der Waals surface area contributed by atoms with Gasteiger partial charge in [-0.25, -0.2) is 4.98 Å². The SMILES string of the molecule is Cc1ccc(-c2c3c(nc4onc(C)c24)-c2ccccc2C(=O)C3=O)cc1. The molecule has 2 heterocycles. The van der Waals surface area contributed by atoms with Gasteiger partial charge in [-0.05, 0) is 19.4 Å². The van der Waals surface area contributed by atoms with Crippen molar-refractivity contribution < 1.29 is 14.1 Å². The van der Waals surface area contributed by atoms with E-state index in [1.165, 1.54) is 0 Å². The fourth-order valence-electron chi connectivity index (χ4n) is 3.67. The molecule has 0 fully saturated rings. The Hall–Kier alpha value is -3.60. The van der Waals surface area contributed by atoms with Gasteiger partial charge in [-0.3, -0.25) is 9.59 Å². The van der Waals surface area contributed by atoms with Crippen LogP contribution in [-0.4, -0.2) is 21.7 Å². The van der Waals surface area contributed by atoms with Gasteiger partial charge in [0.2, 0.25) is 11.6 Å². The summed E-state index contributed by atoms with van der Waals surface area (Å²) in [6, 6.07) is 14.9.